The Kier molecular flexibility index (Phi) is 6.87. The maximum atomic E-state index is 11.9. The van der Waals surface area contributed by atoms with E-state index in [2.05, 4.69) is 0 Å². The average molecular weight is 280 g/mol. The van der Waals surface area contributed by atoms with E-state index < -0.39 is 0 Å². The average Bonchev–Trinajstić information content (AvgIpc) is 2.47. The number of rotatable bonds is 8. The first-order chi connectivity index (χ1) is 9.65. The topological polar surface area (TPSA) is 64.8 Å². The van der Waals surface area contributed by atoms with Gasteiger partial charge in [-0.05, 0) is 38.5 Å². The van der Waals surface area contributed by atoms with Crippen molar-refractivity contribution in [1.29, 1.82) is 0 Å². The Labute approximate surface area is 120 Å². The highest BCUT2D eigenvalue weighted by Gasteiger charge is 2.12. The number of carbonyl (C=O) groups excluding carboxylic acids is 1. The van der Waals surface area contributed by atoms with Crippen LogP contribution in [0.15, 0.2) is 18.2 Å². The van der Waals surface area contributed by atoms with Gasteiger partial charge in [0, 0.05) is 19.6 Å². The van der Waals surface area contributed by atoms with Crippen LogP contribution in [0, 0.1) is 0 Å². The van der Waals surface area contributed by atoms with E-state index in [1.54, 1.807) is 11.0 Å². The normalized spacial score (nSPS) is 10.2. The Morgan fingerprint density at radius 2 is 1.85 bits per heavy atom. The molecule has 0 aliphatic heterocycles. The van der Waals surface area contributed by atoms with Crippen LogP contribution in [-0.2, 0) is 11.3 Å². The van der Waals surface area contributed by atoms with Gasteiger partial charge in [0.15, 0.2) is 18.1 Å². The summed E-state index contributed by atoms with van der Waals surface area (Å²) in [6.45, 7) is 8.16. The number of benzene rings is 1. The van der Waals surface area contributed by atoms with E-state index in [0.717, 1.165) is 5.56 Å². The predicted octanol–water partition coefficient (Wildman–Crippen LogP) is 1.79. The fourth-order valence-electron chi connectivity index (χ4n) is 1.87. The minimum absolute atomic E-state index is 0.0176. The molecule has 0 spiro atoms. The van der Waals surface area contributed by atoms with Crippen molar-refractivity contribution < 1.29 is 14.3 Å². The van der Waals surface area contributed by atoms with E-state index in [9.17, 15) is 4.79 Å². The first-order valence-corrected chi connectivity index (χ1v) is 7.02. The molecule has 112 valence electrons. The van der Waals surface area contributed by atoms with Crippen LogP contribution in [0.2, 0.25) is 0 Å². The first-order valence-electron chi connectivity index (χ1n) is 7.02. The van der Waals surface area contributed by atoms with Gasteiger partial charge in [0.2, 0.25) is 0 Å². The van der Waals surface area contributed by atoms with Crippen molar-refractivity contribution in [3.63, 3.8) is 0 Å². The molecule has 0 heterocycles. The van der Waals surface area contributed by atoms with Crippen molar-refractivity contribution in [2.24, 2.45) is 5.73 Å². The molecule has 0 saturated carbocycles. The van der Waals surface area contributed by atoms with Crippen molar-refractivity contribution in [3.05, 3.63) is 23.8 Å². The molecule has 1 aromatic rings. The standard InChI is InChI=1S/C15H24N2O3/c1-4-17(5-2)15(18)11-20-13-8-7-12(10-16)9-14(13)19-6-3/h7-9H,4-6,10-11,16H2,1-3H3. The van der Waals surface area contributed by atoms with Gasteiger partial charge in [-0.3, -0.25) is 4.79 Å². The van der Waals surface area contributed by atoms with Crippen LogP contribution >= 0.6 is 0 Å². The number of ether oxygens (including phenoxy) is 2. The SMILES string of the molecule is CCOc1cc(CN)ccc1OCC(=O)N(CC)CC. The molecule has 5 nitrogen and oxygen atoms in total. The smallest absolute Gasteiger partial charge is 0.260 e. The second kappa shape index (κ2) is 8.43. The molecule has 0 fully saturated rings. The molecule has 5 heteroatoms. The largest absolute Gasteiger partial charge is 0.490 e. The third-order valence-corrected chi connectivity index (χ3v) is 3.01. The highest BCUT2D eigenvalue weighted by atomic mass is 16.5. The van der Waals surface area contributed by atoms with Crippen LogP contribution in [-0.4, -0.2) is 37.1 Å². The van der Waals surface area contributed by atoms with Crippen LogP contribution in [0.5, 0.6) is 11.5 Å². The molecule has 1 aromatic carbocycles. The van der Waals surface area contributed by atoms with E-state index in [4.69, 9.17) is 15.2 Å². The molecular weight excluding hydrogens is 256 g/mol. The van der Waals surface area contributed by atoms with Crippen molar-refractivity contribution >= 4 is 5.91 Å². The number of nitrogens with zero attached hydrogens (tertiary/aromatic N) is 1. The van der Waals surface area contributed by atoms with Crippen molar-refractivity contribution in [2.45, 2.75) is 27.3 Å². The maximum Gasteiger partial charge on any atom is 0.260 e. The molecule has 0 unspecified atom stereocenters. The molecule has 0 aliphatic rings. The molecule has 0 radical (unpaired) electrons. The molecule has 2 N–H and O–H groups in total. The molecule has 0 aromatic heterocycles. The second-order valence-corrected chi connectivity index (χ2v) is 4.27. The summed E-state index contributed by atoms with van der Waals surface area (Å²) in [5, 5.41) is 0. The molecule has 1 amide bonds. The van der Waals surface area contributed by atoms with Crippen LogP contribution in [0.3, 0.4) is 0 Å². The summed E-state index contributed by atoms with van der Waals surface area (Å²) in [6.07, 6.45) is 0. The zero-order chi connectivity index (χ0) is 15.0. The zero-order valence-electron chi connectivity index (χ0n) is 12.5. The van der Waals surface area contributed by atoms with Gasteiger partial charge in [-0.2, -0.15) is 0 Å². The third-order valence-electron chi connectivity index (χ3n) is 3.01. The molecular formula is C15H24N2O3. The molecule has 0 aliphatic carbocycles. The first kappa shape index (κ1) is 16.3. The lowest BCUT2D eigenvalue weighted by molar-refractivity contribution is -0.132. The Balaban J connectivity index is 2.73. The van der Waals surface area contributed by atoms with Gasteiger partial charge in [0.25, 0.3) is 5.91 Å². The summed E-state index contributed by atoms with van der Waals surface area (Å²) in [4.78, 5) is 13.6. The summed E-state index contributed by atoms with van der Waals surface area (Å²) in [7, 11) is 0. The van der Waals surface area contributed by atoms with Crippen LogP contribution < -0.4 is 15.2 Å². The number of likely N-dealkylation sites (N-methyl/N-ethyl adjacent to an activating group) is 1. The summed E-state index contributed by atoms with van der Waals surface area (Å²) >= 11 is 0. The minimum Gasteiger partial charge on any atom is -0.490 e. The van der Waals surface area contributed by atoms with Gasteiger partial charge >= 0.3 is 0 Å². The predicted molar refractivity (Wildman–Crippen MR) is 78.9 cm³/mol. The lowest BCUT2D eigenvalue weighted by Gasteiger charge is -2.19. The van der Waals surface area contributed by atoms with E-state index in [1.807, 2.05) is 32.9 Å². The zero-order valence-corrected chi connectivity index (χ0v) is 12.5. The number of carbonyl (C=O) groups is 1. The lowest BCUT2D eigenvalue weighted by Crippen LogP contribution is -2.34. The Morgan fingerprint density at radius 1 is 1.15 bits per heavy atom. The van der Waals surface area contributed by atoms with Gasteiger partial charge in [-0.15, -0.1) is 0 Å². The number of amides is 1. The fraction of sp³-hybridized carbons (Fsp3) is 0.533. The third kappa shape index (κ3) is 4.42. The number of hydrogen-bond donors (Lipinski definition) is 1. The fourth-order valence-corrected chi connectivity index (χ4v) is 1.87. The van der Waals surface area contributed by atoms with E-state index in [-0.39, 0.29) is 12.5 Å². The van der Waals surface area contributed by atoms with Gasteiger partial charge < -0.3 is 20.1 Å². The summed E-state index contributed by atoms with van der Waals surface area (Å²) < 4.78 is 11.1. The molecule has 0 bridgehead atoms. The summed E-state index contributed by atoms with van der Waals surface area (Å²) in [5.41, 5.74) is 6.57. The lowest BCUT2D eigenvalue weighted by atomic mass is 10.2. The van der Waals surface area contributed by atoms with Gasteiger partial charge in [-0.25, -0.2) is 0 Å². The Hall–Kier alpha value is -1.75. The second-order valence-electron chi connectivity index (χ2n) is 4.27. The summed E-state index contributed by atoms with van der Waals surface area (Å²) in [5.74, 6) is 1.17. The van der Waals surface area contributed by atoms with Gasteiger partial charge in [-0.1, -0.05) is 6.07 Å². The van der Waals surface area contributed by atoms with E-state index in [0.29, 0.717) is 37.7 Å². The molecule has 0 atom stereocenters. The minimum atomic E-state index is -0.0275. The Bertz CT molecular complexity index is 431. The molecule has 1 rings (SSSR count). The molecule has 0 saturated heterocycles. The van der Waals surface area contributed by atoms with Crippen LogP contribution in [0.4, 0.5) is 0 Å². The highest BCUT2D eigenvalue weighted by molar-refractivity contribution is 5.77. The number of nitrogens with two attached hydrogens (primary N) is 1. The van der Waals surface area contributed by atoms with Crippen molar-refractivity contribution in [1.82, 2.24) is 4.90 Å². The highest BCUT2D eigenvalue weighted by Crippen LogP contribution is 2.28. The molecule has 20 heavy (non-hydrogen) atoms. The van der Waals surface area contributed by atoms with Crippen LogP contribution in [0.1, 0.15) is 26.3 Å². The van der Waals surface area contributed by atoms with Crippen molar-refractivity contribution in [2.75, 3.05) is 26.3 Å². The quantitative estimate of drug-likeness (QED) is 0.788. The van der Waals surface area contributed by atoms with Gasteiger partial charge in [0.05, 0.1) is 6.61 Å². The maximum absolute atomic E-state index is 11.9. The van der Waals surface area contributed by atoms with Gasteiger partial charge in [0.1, 0.15) is 0 Å². The van der Waals surface area contributed by atoms with E-state index in [1.165, 1.54) is 0 Å². The Morgan fingerprint density at radius 3 is 2.40 bits per heavy atom. The number of hydrogen-bond acceptors (Lipinski definition) is 4. The monoisotopic (exact) mass is 280 g/mol. The summed E-state index contributed by atoms with van der Waals surface area (Å²) in [6, 6.07) is 5.52. The van der Waals surface area contributed by atoms with E-state index >= 15 is 0 Å². The van der Waals surface area contributed by atoms with Crippen LogP contribution in [0.25, 0.3) is 0 Å². The van der Waals surface area contributed by atoms with Crippen molar-refractivity contribution in [3.8, 4) is 11.5 Å².